The maximum absolute atomic E-state index is 14.5. The first-order valence-corrected chi connectivity index (χ1v) is 33.0. The van der Waals surface area contributed by atoms with Gasteiger partial charge >= 0.3 is 30.3 Å². The molecule has 0 radical (unpaired) electrons. The van der Waals surface area contributed by atoms with Gasteiger partial charge in [-0.3, -0.25) is 24.5 Å². The first kappa shape index (κ1) is 74.5. The van der Waals surface area contributed by atoms with Crippen molar-refractivity contribution in [3.05, 3.63) is 136 Å². The summed E-state index contributed by atoms with van der Waals surface area (Å²) in [5, 5.41) is 25.3. The number of allylic oxidation sites excluding steroid dienone is 3. The Balaban J connectivity index is 0.832. The van der Waals surface area contributed by atoms with Gasteiger partial charge in [-0.25, -0.2) is 24.0 Å². The molecule has 3 heterocycles. The standard InChI is InChI=1S/C71H90ClN9O17/c1-40(2)61(77-67(88)94-39-51-49-22-14-12-20-47(49)48-21-13-15-23-50(48)51)64(85)76-52(24-17-31-74-66(73)87)63(84)75-46-29-27-44(28-30-46)38-95-69(90)79(7)32-18-26-58(82)80(8)43(5)65(86)97-57-36-59(83)81(9)53-34-45(35-54(92-10)60(53)72)33-41(3)19-16-25-56(93-11)71(91)37-55(96-68(89)78-71)42(4)62-70(57,6)98-62/h12-16,19-23,25,27-30,34-35,40,42-43,51-52,55-57,61-62,91H,17-18,24,26,31-33,36-39H2,1-11H3,(H,75,84)(H,76,85)(H,77,88)(H,78,89)(H3,73,74,87)/b25-16+,41-19+/t42-,43+,52+,55+,56-,57+,61+,62?,70+,71+/m1/s1. The predicted octanol–water partition coefficient (Wildman–Crippen LogP) is 8.00. The van der Waals surface area contributed by atoms with Crippen LogP contribution in [0.2, 0.25) is 5.02 Å². The monoisotopic (exact) mass is 1380 g/mol. The molecule has 0 spiro atoms. The fraction of sp³-hybridized carbons (Fsp3) is 0.479. The van der Waals surface area contributed by atoms with Crippen molar-refractivity contribution >= 4 is 76.9 Å². The number of nitrogens with two attached hydrogens (primary N) is 1. The molecule has 9 amide bonds. The minimum absolute atomic E-state index is 0.0305. The second-order valence-corrected chi connectivity index (χ2v) is 26.2. The molecule has 528 valence electrons. The maximum Gasteiger partial charge on any atom is 0.409 e. The summed E-state index contributed by atoms with van der Waals surface area (Å²) in [6.45, 7) is 10.4. The average molecular weight is 1380 g/mol. The van der Waals surface area contributed by atoms with Gasteiger partial charge in [0.25, 0.3) is 0 Å². The average Bonchev–Trinajstić information content (AvgIpc) is 1.57. The van der Waals surface area contributed by atoms with Gasteiger partial charge in [-0.15, -0.1) is 0 Å². The molecule has 1 aliphatic carbocycles. The Labute approximate surface area is 575 Å². The number of rotatable bonds is 23. The zero-order chi connectivity index (χ0) is 71.3. The highest BCUT2D eigenvalue weighted by Gasteiger charge is 2.64. The number of aliphatic hydroxyl groups is 1. The van der Waals surface area contributed by atoms with E-state index in [0.29, 0.717) is 29.1 Å². The van der Waals surface area contributed by atoms with Crippen molar-refractivity contribution in [1.29, 1.82) is 0 Å². The van der Waals surface area contributed by atoms with E-state index in [1.807, 2.05) is 61.5 Å². The van der Waals surface area contributed by atoms with Crippen molar-refractivity contribution in [3.63, 3.8) is 0 Å². The second-order valence-electron chi connectivity index (χ2n) is 25.9. The Morgan fingerprint density at radius 1 is 0.908 bits per heavy atom. The third-order valence-corrected chi connectivity index (χ3v) is 18.9. The number of nitrogens with one attached hydrogen (secondary N) is 5. The van der Waals surface area contributed by atoms with Gasteiger partial charge in [-0.2, -0.15) is 0 Å². The van der Waals surface area contributed by atoms with E-state index in [9.17, 15) is 48.3 Å². The molecule has 4 bridgehead atoms. The number of primary amides is 1. The predicted molar refractivity (Wildman–Crippen MR) is 364 cm³/mol. The number of likely N-dealkylation sites (N-methyl/N-ethyl adjacent to an activating group) is 1. The fourth-order valence-electron chi connectivity index (χ4n) is 12.5. The van der Waals surface area contributed by atoms with Crippen LogP contribution in [0.4, 0.5) is 30.6 Å². The molecule has 26 nitrogen and oxygen atoms in total. The fourth-order valence-corrected chi connectivity index (χ4v) is 12.8. The van der Waals surface area contributed by atoms with Crippen LogP contribution in [0.25, 0.3) is 11.1 Å². The number of carbonyl (C=O) groups is 9. The van der Waals surface area contributed by atoms with Crippen LogP contribution in [0.3, 0.4) is 0 Å². The molecule has 0 aromatic heterocycles. The Bertz CT molecular complexity index is 3620. The molecule has 4 aliphatic rings. The van der Waals surface area contributed by atoms with Crippen LogP contribution < -0.4 is 42.0 Å². The normalized spacial score (nSPS) is 23.0. The number of methoxy groups -OCH3 is 2. The van der Waals surface area contributed by atoms with E-state index in [4.69, 9.17) is 50.5 Å². The van der Waals surface area contributed by atoms with Crippen molar-refractivity contribution in [2.45, 2.75) is 153 Å². The van der Waals surface area contributed by atoms with Gasteiger partial charge in [-0.1, -0.05) is 117 Å². The van der Waals surface area contributed by atoms with E-state index in [2.05, 4.69) is 26.6 Å². The lowest BCUT2D eigenvalue weighted by molar-refractivity contribution is -0.162. The number of fused-ring (bicyclic) bond motifs is 8. The topological polar surface area (TPSA) is 338 Å². The molecule has 2 saturated heterocycles. The molecule has 8 N–H and O–H groups in total. The summed E-state index contributed by atoms with van der Waals surface area (Å²) in [4.78, 5) is 125. The van der Waals surface area contributed by atoms with E-state index in [0.717, 1.165) is 33.4 Å². The molecule has 10 atom stereocenters. The number of anilines is 2. The quantitative estimate of drug-likeness (QED) is 0.0160. The zero-order valence-electron chi connectivity index (χ0n) is 57.1. The van der Waals surface area contributed by atoms with Crippen LogP contribution in [0.1, 0.15) is 108 Å². The van der Waals surface area contributed by atoms with Crippen molar-refractivity contribution in [2.24, 2.45) is 17.6 Å². The summed E-state index contributed by atoms with van der Waals surface area (Å²) in [5.41, 5.74) is 9.09. The van der Waals surface area contributed by atoms with Crippen LogP contribution in [-0.4, -0.2) is 178 Å². The minimum atomic E-state index is -1.90. The summed E-state index contributed by atoms with van der Waals surface area (Å²) >= 11 is 6.85. The highest BCUT2D eigenvalue weighted by molar-refractivity contribution is 6.35. The Morgan fingerprint density at radius 3 is 2.22 bits per heavy atom. The SMILES string of the molecule is COc1cc2cc(c1Cl)N(C)C(=O)C[C@H](OC(=O)[C@H](C)N(C)C(=O)CCCN(C)C(=O)OCc1ccc(NC(=O)[C@H](CCCNC(N)=O)NC(=O)[C@@H](NC(=O)OCC3c4ccccc4-c4ccccc43)C(C)C)cc1)[C@]1(C)OC1[C@H](C)[C@@H]1C[C@@](O)(NC(=O)O1)[C@H](OC)/C=C/C=C(\C)C2. The number of nitrogens with zero attached hydrogens (tertiary/aromatic N) is 3. The summed E-state index contributed by atoms with van der Waals surface area (Å²) in [6.07, 6.45) is -0.865. The number of hydrogen-bond donors (Lipinski definition) is 7. The lowest BCUT2D eigenvalue weighted by Crippen LogP contribution is -2.63. The van der Waals surface area contributed by atoms with Gasteiger partial charge < -0.3 is 80.0 Å². The minimum Gasteiger partial charge on any atom is -0.495 e. The van der Waals surface area contributed by atoms with E-state index in [1.54, 1.807) is 76.2 Å². The van der Waals surface area contributed by atoms with Crippen molar-refractivity contribution in [3.8, 4) is 16.9 Å². The Morgan fingerprint density at radius 2 is 1.58 bits per heavy atom. The van der Waals surface area contributed by atoms with E-state index in [1.165, 1.54) is 57.0 Å². The number of alkyl carbamates (subject to hydrolysis) is 2. The van der Waals surface area contributed by atoms with Crippen LogP contribution in [0.5, 0.6) is 5.75 Å². The van der Waals surface area contributed by atoms with Crippen LogP contribution in [0, 0.1) is 11.8 Å². The highest BCUT2D eigenvalue weighted by atomic mass is 35.5. The van der Waals surface area contributed by atoms with Gasteiger partial charge in [0.1, 0.15) is 66.0 Å². The summed E-state index contributed by atoms with van der Waals surface area (Å²) in [6, 6.07) is 21.7. The summed E-state index contributed by atoms with van der Waals surface area (Å²) in [7, 11) is 7.34. The van der Waals surface area contributed by atoms with Crippen LogP contribution in [-0.2, 0) is 65.4 Å². The van der Waals surface area contributed by atoms with Crippen molar-refractivity contribution in [1.82, 2.24) is 31.1 Å². The molecule has 4 aromatic carbocycles. The molecule has 8 rings (SSSR count). The van der Waals surface area contributed by atoms with Crippen LogP contribution in [0.15, 0.2) is 109 Å². The van der Waals surface area contributed by atoms with Gasteiger partial charge in [0.05, 0.1) is 25.3 Å². The number of halogens is 1. The largest absolute Gasteiger partial charge is 0.495 e. The lowest BCUT2D eigenvalue weighted by atomic mass is 9.83. The Kier molecular flexibility index (Phi) is 25.0. The number of esters is 1. The van der Waals surface area contributed by atoms with Crippen molar-refractivity contribution < 1.29 is 81.4 Å². The molecule has 3 aliphatic heterocycles. The maximum atomic E-state index is 14.5. The second kappa shape index (κ2) is 32.9. The smallest absolute Gasteiger partial charge is 0.409 e. The molecule has 2 fully saturated rings. The van der Waals surface area contributed by atoms with E-state index in [-0.39, 0.29) is 69.3 Å². The van der Waals surface area contributed by atoms with Gasteiger partial charge in [0, 0.05) is 71.7 Å². The molecule has 4 aromatic rings. The third kappa shape index (κ3) is 18.3. The van der Waals surface area contributed by atoms with Gasteiger partial charge in [0.15, 0.2) is 5.72 Å². The first-order valence-electron chi connectivity index (χ1n) is 32.6. The first-order chi connectivity index (χ1) is 46.5. The highest BCUT2D eigenvalue weighted by Crippen LogP contribution is 2.50. The van der Waals surface area contributed by atoms with Gasteiger partial charge in [-0.05, 0) is 110 Å². The molecule has 27 heteroatoms. The number of urea groups is 1. The third-order valence-electron chi connectivity index (χ3n) is 18.5. The molecule has 0 saturated carbocycles. The summed E-state index contributed by atoms with van der Waals surface area (Å²) < 4.78 is 40.8. The zero-order valence-corrected chi connectivity index (χ0v) is 57.9. The summed E-state index contributed by atoms with van der Waals surface area (Å²) in [5.74, 6) is -3.94. The van der Waals surface area contributed by atoms with E-state index >= 15 is 0 Å². The van der Waals surface area contributed by atoms with Crippen molar-refractivity contribution in [2.75, 3.05) is 65.3 Å². The lowest BCUT2D eigenvalue weighted by Gasteiger charge is -2.42. The van der Waals surface area contributed by atoms with Crippen LogP contribution >= 0.6 is 11.6 Å². The number of ether oxygens (including phenoxy) is 7. The number of epoxide rings is 1. The van der Waals surface area contributed by atoms with Gasteiger partial charge in [0.2, 0.25) is 23.6 Å². The van der Waals surface area contributed by atoms with E-state index < -0.39 is 126 Å². The molecule has 1 unspecified atom stereocenters. The molecule has 98 heavy (non-hydrogen) atoms. The number of carbonyl (C=O) groups excluding carboxylic acids is 9. The Hall–Kier alpha value is -9.24. The number of hydrogen-bond acceptors (Lipinski definition) is 17. The molecular weight excluding hydrogens is 1290 g/mol. The number of amides is 9. The number of benzene rings is 4. The molecular formula is C71H90ClN9O17.